The normalized spacial score (nSPS) is 15.1. The highest BCUT2D eigenvalue weighted by Crippen LogP contribution is 2.40. The van der Waals surface area contributed by atoms with E-state index in [1.165, 1.54) is 13.2 Å². The first-order valence-electron chi connectivity index (χ1n) is 9.04. The maximum Gasteiger partial charge on any atom is 0.350 e. The van der Waals surface area contributed by atoms with Gasteiger partial charge < -0.3 is 13.9 Å². The Labute approximate surface area is 166 Å². The minimum Gasteiger partial charge on any atom is -0.475 e. The van der Waals surface area contributed by atoms with Crippen LogP contribution in [0.2, 0.25) is 5.02 Å². The zero-order chi connectivity index (χ0) is 19.9. The Bertz CT molecular complexity index is 1130. The van der Waals surface area contributed by atoms with E-state index in [0.717, 1.165) is 12.0 Å². The number of fused-ring (bicyclic) bond motifs is 1. The molecule has 5 nitrogen and oxygen atoms in total. The molecule has 1 aromatic heterocycles. The Hall–Kier alpha value is -2.79. The predicted octanol–water partition coefficient (Wildman–Crippen LogP) is 4.90. The molecule has 28 heavy (non-hydrogen) atoms. The number of benzene rings is 2. The van der Waals surface area contributed by atoms with Crippen LogP contribution in [0.5, 0.6) is 5.75 Å². The van der Waals surface area contributed by atoms with E-state index < -0.39 is 5.60 Å². The molecule has 1 fully saturated rings. The third kappa shape index (κ3) is 3.06. The lowest BCUT2D eigenvalue weighted by Crippen LogP contribution is -2.51. The minimum atomic E-state index is -0.939. The van der Waals surface area contributed by atoms with Crippen molar-refractivity contribution in [3.63, 3.8) is 0 Å². The Morgan fingerprint density at radius 1 is 1.18 bits per heavy atom. The van der Waals surface area contributed by atoms with Crippen LogP contribution in [0.3, 0.4) is 0 Å². The molecule has 1 aliphatic carbocycles. The molecule has 1 heterocycles. The maximum absolute atomic E-state index is 12.5. The van der Waals surface area contributed by atoms with Crippen molar-refractivity contribution in [3.8, 4) is 17.1 Å². The monoisotopic (exact) mass is 398 g/mol. The number of rotatable bonds is 4. The van der Waals surface area contributed by atoms with Gasteiger partial charge in [0.25, 0.3) is 0 Å². The fraction of sp³-hybridized carbons (Fsp3) is 0.273. The number of carbonyl (C=O) groups is 1. The fourth-order valence-corrected chi connectivity index (χ4v) is 3.60. The van der Waals surface area contributed by atoms with Crippen molar-refractivity contribution in [3.05, 3.63) is 63.3 Å². The fourth-order valence-electron chi connectivity index (χ4n) is 3.39. The summed E-state index contributed by atoms with van der Waals surface area (Å²) < 4.78 is 16.9. The Balaban J connectivity index is 1.77. The van der Waals surface area contributed by atoms with E-state index in [2.05, 4.69) is 0 Å². The number of hydrogen-bond donors (Lipinski definition) is 0. The van der Waals surface area contributed by atoms with Gasteiger partial charge in [-0.25, -0.2) is 4.79 Å². The van der Waals surface area contributed by atoms with Crippen molar-refractivity contribution < 1.29 is 18.7 Å². The number of aryl methyl sites for hydroxylation is 1. The topological polar surface area (TPSA) is 65.7 Å². The third-order valence-corrected chi connectivity index (χ3v) is 5.50. The minimum absolute atomic E-state index is 0.174. The first-order chi connectivity index (χ1) is 13.4. The molecule has 4 rings (SSSR count). The second kappa shape index (κ2) is 6.99. The largest absolute Gasteiger partial charge is 0.475 e. The number of esters is 1. The van der Waals surface area contributed by atoms with E-state index >= 15 is 0 Å². The number of methoxy groups -OCH3 is 1. The van der Waals surface area contributed by atoms with Crippen LogP contribution in [-0.4, -0.2) is 18.7 Å². The summed E-state index contributed by atoms with van der Waals surface area (Å²) in [6.07, 6.45) is 2.14. The van der Waals surface area contributed by atoms with E-state index in [-0.39, 0.29) is 11.4 Å². The van der Waals surface area contributed by atoms with Gasteiger partial charge >= 0.3 is 5.97 Å². The molecule has 0 atom stereocenters. The number of halogens is 1. The first kappa shape index (κ1) is 18.6. The van der Waals surface area contributed by atoms with E-state index in [1.807, 2.05) is 19.1 Å². The van der Waals surface area contributed by atoms with E-state index in [0.29, 0.717) is 45.9 Å². The van der Waals surface area contributed by atoms with Gasteiger partial charge in [0.1, 0.15) is 11.5 Å². The molecule has 0 aliphatic heterocycles. The predicted molar refractivity (Wildman–Crippen MR) is 107 cm³/mol. The van der Waals surface area contributed by atoms with Crippen LogP contribution in [0.4, 0.5) is 0 Å². The smallest absolute Gasteiger partial charge is 0.350 e. The van der Waals surface area contributed by atoms with Crippen molar-refractivity contribution in [2.45, 2.75) is 31.8 Å². The van der Waals surface area contributed by atoms with Crippen LogP contribution in [0.15, 0.2) is 51.7 Å². The van der Waals surface area contributed by atoms with Crippen molar-refractivity contribution in [1.29, 1.82) is 0 Å². The third-order valence-electron chi connectivity index (χ3n) is 5.20. The van der Waals surface area contributed by atoms with Gasteiger partial charge in [-0.05, 0) is 49.9 Å². The molecular formula is C22H19ClO5. The lowest BCUT2D eigenvalue weighted by atomic mass is 9.80. The molecule has 0 amide bonds. The van der Waals surface area contributed by atoms with Crippen molar-refractivity contribution in [2.24, 2.45) is 0 Å². The second-order valence-electron chi connectivity index (χ2n) is 7.01. The van der Waals surface area contributed by atoms with Crippen LogP contribution < -0.4 is 10.2 Å². The van der Waals surface area contributed by atoms with Gasteiger partial charge in [-0.3, -0.25) is 4.79 Å². The highest BCUT2D eigenvalue weighted by molar-refractivity contribution is 6.34. The van der Waals surface area contributed by atoms with Crippen molar-refractivity contribution in [1.82, 2.24) is 0 Å². The second-order valence-corrected chi connectivity index (χ2v) is 7.42. The zero-order valence-electron chi connectivity index (χ0n) is 15.6. The number of para-hydroxylation sites is 1. The Kier molecular flexibility index (Phi) is 4.63. The highest BCUT2D eigenvalue weighted by atomic mass is 35.5. The molecule has 0 unspecified atom stereocenters. The summed E-state index contributed by atoms with van der Waals surface area (Å²) in [7, 11) is 1.36. The summed E-state index contributed by atoms with van der Waals surface area (Å²) in [4.78, 5) is 24.7. The average molecular weight is 399 g/mol. The number of carbonyl (C=O) groups excluding carboxylic acids is 1. The molecule has 0 saturated heterocycles. The van der Waals surface area contributed by atoms with Crippen LogP contribution in [0.25, 0.3) is 22.3 Å². The molecule has 0 N–H and O–H groups in total. The van der Waals surface area contributed by atoms with E-state index in [1.54, 1.807) is 24.3 Å². The van der Waals surface area contributed by atoms with Gasteiger partial charge in [-0.2, -0.15) is 0 Å². The van der Waals surface area contributed by atoms with E-state index in [4.69, 9.17) is 25.5 Å². The Morgan fingerprint density at radius 2 is 1.96 bits per heavy atom. The Morgan fingerprint density at radius 3 is 2.64 bits per heavy atom. The average Bonchev–Trinajstić information content (AvgIpc) is 2.66. The van der Waals surface area contributed by atoms with E-state index in [9.17, 15) is 9.59 Å². The summed E-state index contributed by atoms with van der Waals surface area (Å²) >= 11 is 6.20. The van der Waals surface area contributed by atoms with Gasteiger partial charge in [0, 0.05) is 11.6 Å². The summed E-state index contributed by atoms with van der Waals surface area (Å²) in [6.45, 7) is 1.90. The van der Waals surface area contributed by atoms with Crippen LogP contribution >= 0.6 is 11.6 Å². The molecule has 144 valence electrons. The summed E-state index contributed by atoms with van der Waals surface area (Å²) in [5, 5.41) is 0.804. The van der Waals surface area contributed by atoms with Gasteiger partial charge in [0.05, 0.1) is 17.5 Å². The maximum atomic E-state index is 12.5. The standard InChI is InChI=1S/C22H19ClO5/c1-13-7-8-14(11-18(13)28-22(9-4-10-22)21(25)26-2)19-12-17(24)15-5-3-6-16(23)20(15)27-19/h3,5-8,11-12H,4,9-10H2,1-2H3. The van der Waals surface area contributed by atoms with Gasteiger partial charge in [0.15, 0.2) is 11.0 Å². The summed E-state index contributed by atoms with van der Waals surface area (Å²) in [5.74, 6) is 0.577. The van der Waals surface area contributed by atoms with Gasteiger partial charge in [-0.1, -0.05) is 29.8 Å². The molecule has 6 heteroatoms. The number of ether oxygens (including phenoxy) is 2. The van der Waals surface area contributed by atoms with Gasteiger partial charge in [0.2, 0.25) is 5.60 Å². The molecule has 1 aliphatic rings. The highest BCUT2D eigenvalue weighted by Gasteiger charge is 2.48. The molecule has 2 aromatic carbocycles. The lowest BCUT2D eigenvalue weighted by Gasteiger charge is -2.39. The van der Waals surface area contributed by atoms with Crippen LogP contribution in [0.1, 0.15) is 24.8 Å². The summed E-state index contributed by atoms with van der Waals surface area (Å²) in [5.41, 5.74) is 0.775. The van der Waals surface area contributed by atoms with Crippen molar-refractivity contribution in [2.75, 3.05) is 7.11 Å². The SMILES string of the molecule is COC(=O)C1(Oc2cc(-c3cc(=O)c4cccc(Cl)c4o3)ccc2C)CCC1. The zero-order valence-corrected chi connectivity index (χ0v) is 16.3. The lowest BCUT2D eigenvalue weighted by molar-refractivity contribution is -0.167. The molecule has 0 bridgehead atoms. The molecule has 1 saturated carbocycles. The van der Waals surface area contributed by atoms with Crippen molar-refractivity contribution >= 4 is 28.5 Å². The number of hydrogen-bond acceptors (Lipinski definition) is 5. The van der Waals surface area contributed by atoms with Crippen LogP contribution in [-0.2, 0) is 9.53 Å². The molecule has 3 aromatic rings. The molecule has 0 spiro atoms. The van der Waals surface area contributed by atoms with Crippen LogP contribution in [0, 0.1) is 6.92 Å². The molecule has 0 radical (unpaired) electrons. The summed E-state index contributed by atoms with van der Waals surface area (Å²) in [6, 6.07) is 12.0. The molecular weight excluding hydrogens is 380 g/mol. The first-order valence-corrected chi connectivity index (χ1v) is 9.42. The quantitative estimate of drug-likeness (QED) is 0.585. The van der Waals surface area contributed by atoms with Gasteiger partial charge in [-0.15, -0.1) is 0 Å².